The molecule has 1 unspecified atom stereocenters. The maximum absolute atomic E-state index is 12.7. The molecule has 30 heavy (non-hydrogen) atoms. The number of hydrogen-bond acceptors (Lipinski definition) is 5. The first kappa shape index (κ1) is 21.5. The van der Waals surface area contributed by atoms with Crippen LogP contribution in [-0.2, 0) is 20.8 Å². The molecule has 2 heterocycles. The van der Waals surface area contributed by atoms with E-state index in [2.05, 4.69) is 27.9 Å². The highest BCUT2D eigenvalue weighted by atomic mass is 127. The van der Waals surface area contributed by atoms with Gasteiger partial charge in [-0.05, 0) is 46.4 Å². The van der Waals surface area contributed by atoms with Crippen LogP contribution in [0.1, 0.15) is 5.56 Å². The zero-order chi connectivity index (χ0) is 21.3. The highest BCUT2D eigenvalue weighted by Crippen LogP contribution is 2.46. The Morgan fingerprint density at radius 1 is 1.23 bits per heavy atom. The van der Waals surface area contributed by atoms with Crippen molar-refractivity contribution in [3.05, 3.63) is 63.7 Å². The number of hydrogen-bond donors (Lipinski definition) is 2. The van der Waals surface area contributed by atoms with Crippen LogP contribution in [0.5, 0.6) is 0 Å². The molecule has 6 nitrogen and oxygen atoms in total. The quantitative estimate of drug-likeness (QED) is 0.422. The molecule has 2 aromatic carbocycles. The molecule has 4 rings (SSSR count). The number of thioether (sulfide) groups is 2. The van der Waals surface area contributed by atoms with E-state index in [0.29, 0.717) is 5.75 Å². The molecule has 2 aliphatic heterocycles. The van der Waals surface area contributed by atoms with Gasteiger partial charge in [-0.1, -0.05) is 36.4 Å². The predicted octanol–water partition coefficient (Wildman–Crippen LogP) is 2.85. The standard InChI is InChI=1S/C21H19IN2O4S2/c22-14-7-4-8-15(10-14)30-21(20(27)28)11-24-18(26)17(19(24)29-12-21)23-16(25)9-13-5-2-1-3-6-13/h1-8,10,17,19H,9,11-12H2,(H,23,25)(H,27,28)/t17-,19-,21?/m1/s1. The molecule has 2 aromatic rings. The Kier molecular flexibility index (Phi) is 6.31. The molecule has 2 N–H and O–H groups in total. The van der Waals surface area contributed by atoms with Gasteiger partial charge in [0.25, 0.3) is 0 Å². The van der Waals surface area contributed by atoms with Crippen LogP contribution in [0.2, 0.25) is 0 Å². The lowest BCUT2D eigenvalue weighted by Crippen LogP contribution is -2.74. The average molecular weight is 554 g/mol. The van der Waals surface area contributed by atoms with Gasteiger partial charge in [0.1, 0.15) is 16.2 Å². The van der Waals surface area contributed by atoms with Gasteiger partial charge in [-0.3, -0.25) is 14.4 Å². The van der Waals surface area contributed by atoms with Gasteiger partial charge >= 0.3 is 5.97 Å². The lowest BCUT2D eigenvalue weighted by molar-refractivity contribution is -0.152. The number of β-lactam (4-membered cyclic amide) rings is 1. The number of nitrogens with zero attached hydrogens (tertiary/aromatic N) is 1. The third kappa shape index (κ3) is 4.33. The SMILES string of the molecule is O=C(Cc1ccccc1)N[C@@H]1C(=O)N2CC(Sc3cccc(I)c3)(C(=O)O)CS[C@H]12. The lowest BCUT2D eigenvalue weighted by Gasteiger charge is -2.53. The molecule has 2 aliphatic rings. The summed E-state index contributed by atoms with van der Waals surface area (Å²) >= 11 is 4.90. The Morgan fingerprint density at radius 2 is 2.00 bits per heavy atom. The number of carboxylic acid groups (broad SMARTS) is 1. The fourth-order valence-corrected chi connectivity index (χ4v) is 7.21. The van der Waals surface area contributed by atoms with Crippen LogP contribution in [0.4, 0.5) is 0 Å². The zero-order valence-electron chi connectivity index (χ0n) is 15.8. The molecule has 2 amide bonds. The molecule has 3 atom stereocenters. The Bertz CT molecular complexity index is 990. The molecule has 0 spiro atoms. The van der Waals surface area contributed by atoms with Crippen LogP contribution < -0.4 is 5.32 Å². The second kappa shape index (κ2) is 8.80. The lowest BCUT2D eigenvalue weighted by atomic mass is 10.0. The second-order valence-corrected chi connectivity index (χ2v) is 11.0. The van der Waals surface area contributed by atoms with Crippen molar-refractivity contribution in [3.63, 3.8) is 0 Å². The van der Waals surface area contributed by atoms with Crippen LogP contribution in [0.25, 0.3) is 0 Å². The summed E-state index contributed by atoms with van der Waals surface area (Å²) < 4.78 is -0.0824. The summed E-state index contributed by atoms with van der Waals surface area (Å²) in [7, 11) is 0. The summed E-state index contributed by atoms with van der Waals surface area (Å²) in [6.45, 7) is 0.125. The van der Waals surface area contributed by atoms with E-state index in [-0.39, 0.29) is 30.2 Å². The number of carboxylic acids is 1. The van der Waals surface area contributed by atoms with Crippen LogP contribution in [0, 0.1) is 3.57 Å². The summed E-state index contributed by atoms with van der Waals surface area (Å²) in [6.07, 6.45) is 0.212. The normalized spacial score (nSPS) is 25.2. The molecule has 0 aliphatic carbocycles. The number of fused-ring (bicyclic) bond motifs is 1. The van der Waals surface area contributed by atoms with Crippen molar-refractivity contribution in [3.8, 4) is 0 Å². The molecule has 0 aromatic heterocycles. The van der Waals surface area contributed by atoms with Gasteiger partial charge in [0.2, 0.25) is 11.8 Å². The monoisotopic (exact) mass is 554 g/mol. The van der Waals surface area contributed by atoms with E-state index in [0.717, 1.165) is 14.0 Å². The number of benzene rings is 2. The third-order valence-electron chi connectivity index (χ3n) is 5.08. The van der Waals surface area contributed by atoms with Crippen LogP contribution in [-0.4, -0.2) is 56.3 Å². The molecule has 0 saturated carbocycles. The molecular weight excluding hydrogens is 535 g/mol. The van der Waals surface area contributed by atoms with E-state index in [4.69, 9.17) is 0 Å². The van der Waals surface area contributed by atoms with Crippen LogP contribution >= 0.6 is 46.1 Å². The molecule has 9 heteroatoms. The Hall–Kier alpha value is -1.72. The first-order valence-electron chi connectivity index (χ1n) is 9.31. The van der Waals surface area contributed by atoms with Crippen molar-refractivity contribution < 1.29 is 19.5 Å². The third-order valence-corrected chi connectivity index (χ3v) is 8.79. The van der Waals surface area contributed by atoms with Crippen molar-refractivity contribution in [1.29, 1.82) is 0 Å². The van der Waals surface area contributed by atoms with E-state index in [1.54, 1.807) is 4.90 Å². The number of amides is 2. The fourth-order valence-electron chi connectivity index (χ4n) is 3.55. The van der Waals surface area contributed by atoms with Crippen molar-refractivity contribution in [2.75, 3.05) is 12.3 Å². The van der Waals surface area contributed by atoms with Crippen molar-refractivity contribution in [2.24, 2.45) is 0 Å². The molecule has 0 radical (unpaired) electrons. The fraction of sp³-hybridized carbons (Fsp3) is 0.286. The predicted molar refractivity (Wildman–Crippen MR) is 125 cm³/mol. The zero-order valence-corrected chi connectivity index (χ0v) is 19.6. The molecule has 2 saturated heterocycles. The van der Waals surface area contributed by atoms with Crippen LogP contribution in [0.3, 0.4) is 0 Å². The minimum absolute atomic E-state index is 0.125. The number of nitrogens with one attached hydrogen (secondary N) is 1. The Morgan fingerprint density at radius 3 is 2.70 bits per heavy atom. The van der Waals surface area contributed by atoms with Crippen molar-refractivity contribution in [2.45, 2.75) is 27.5 Å². The van der Waals surface area contributed by atoms with E-state index in [9.17, 15) is 19.5 Å². The maximum atomic E-state index is 12.7. The number of carbonyl (C=O) groups is 3. The van der Waals surface area contributed by atoms with Crippen molar-refractivity contribution >= 4 is 63.9 Å². The van der Waals surface area contributed by atoms with Crippen molar-refractivity contribution in [1.82, 2.24) is 10.2 Å². The Labute approximate surface area is 196 Å². The number of rotatable bonds is 6. The van der Waals surface area contributed by atoms with Crippen LogP contribution in [0.15, 0.2) is 59.5 Å². The molecular formula is C21H19IN2O4S2. The number of halogens is 1. The van der Waals surface area contributed by atoms with Gasteiger partial charge in [-0.25, -0.2) is 0 Å². The maximum Gasteiger partial charge on any atom is 0.322 e. The van der Waals surface area contributed by atoms with Gasteiger partial charge in [0.15, 0.2) is 0 Å². The minimum atomic E-state index is -1.11. The topological polar surface area (TPSA) is 86.7 Å². The smallest absolute Gasteiger partial charge is 0.322 e. The molecule has 2 fully saturated rings. The largest absolute Gasteiger partial charge is 0.480 e. The van der Waals surface area contributed by atoms with E-state index >= 15 is 0 Å². The van der Waals surface area contributed by atoms with Gasteiger partial charge in [-0.15, -0.1) is 23.5 Å². The minimum Gasteiger partial charge on any atom is -0.480 e. The Balaban J connectivity index is 1.42. The first-order chi connectivity index (χ1) is 14.4. The summed E-state index contributed by atoms with van der Waals surface area (Å²) in [5.74, 6) is -0.995. The second-order valence-electron chi connectivity index (χ2n) is 7.23. The van der Waals surface area contributed by atoms with Gasteiger partial charge in [-0.2, -0.15) is 0 Å². The highest BCUT2D eigenvalue weighted by molar-refractivity contribution is 14.1. The molecule has 156 valence electrons. The average Bonchev–Trinajstić information content (AvgIpc) is 2.72. The van der Waals surface area contributed by atoms with Gasteiger partial charge in [0.05, 0.1) is 6.42 Å². The summed E-state index contributed by atoms with van der Waals surface area (Å²) in [4.78, 5) is 39.7. The molecule has 0 bridgehead atoms. The summed E-state index contributed by atoms with van der Waals surface area (Å²) in [5, 5.41) is 12.6. The summed E-state index contributed by atoms with van der Waals surface area (Å²) in [6, 6.07) is 16.4. The first-order valence-corrected chi connectivity index (χ1v) is 12.3. The van der Waals surface area contributed by atoms with E-state index in [1.165, 1.54) is 23.5 Å². The summed E-state index contributed by atoms with van der Waals surface area (Å²) in [5.41, 5.74) is 0.883. The van der Waals surface area contributed by atoms with Gasteiger partial charge in [0, 0.05) is 20.8 Å². The number of aliphatic carboxylic acids is 1. The van der Waals surface area contributed by atoms with E-state index in [1.807, 2.05) is 54.6 Å². The van der Waals surface area contributed by atoms with Gasteiger partial charge < -0.3 is 15.3 Å². The van der Waals surface area contributed by atoms with E-state index < -0.39 is 16.8 Å². The number of carbonyl (C=O) groups excluding carboxylic acids is 2. The highest BCUT2D eigenvalue weighted by Gasteiger charge is 2.57.